The normalized spacial score (nSPS) is 13.7. The van der Waals surface area contributed by atoms with Gasteiger partial charge in [0, 0.05) is 5.52 Å². The van der Waals surface area contributed by atoms with Crippen molar-refractivity contribution in [2.45, 2.75) is 52.4 Å². The summed E-state index contributed by atoms with van der Waals surface area (Å²) in [7, 11) is 0. The SMILES string of the molecule is [2H]c1c([2H])c([2H])c(-c2cccc(-c3cc(C(C)(C)C)cc(C(C)(C)C)c3)c2-n2[c](=[Pt])n(-c3[c-]c(Oc4cccc(N5B(c6ccccc6)n6c7ccccc7c7cc[c-]c5c76)n4)ccc3)c3ccccc32)c([2H])c1[2H]. The molecule has 344 valence electrons. The van der Waals surface area contributed by atoms with Gasteiger partial charge >= 0.3 is 347 Å². The summed E-state index contributed by atoms with van der Waals surface area (Å²) < 4.78 is 58.8. The maximum absolute atomic E-state index is 9.28. The summed E-state index contributed by atoms with van der Waals surface area (Å²) in [6.45, 7) is 13.0. The molecule has 0 spiro atoms. The van der Waals surface area contributed by atoms with Gasteiger partial charge in [0.2, 0.25) is 0 Å². The van der Waals surface area contributed by atoms with Crippen LogP contribution in [0.1, 0.15) is 59.5 Å². The molecule has 4 heterocycles. The molecule has 11 aromatic rings. The Kier molecular flexibility index (Phi) is 9.26. The molecule has 0 bridgehead atoms. The Morgan fingerprint density at radius 3 is 1.99 bits per heavy atom. The molecule has 0 amide bonds. The zero-order valence-electron chi connectivity index (χ0n) is 44.6. The van der Waals surface area contributed by atoms with Crippen molar-refractivity contribution in [3.63, 3.8) is 0 Å². The van der Waals surface area contributed by atoms with Crippen LogP contribution in [0.15, 0.2) is 194 Å². The van der Waals surface area contributed by atoms with Gasteiger partial charge in [0.25, 0.3) is 0 Å². The van der Waals surface area contributed by atoms with E-state index in [0.29, 0.717) is 34.4 Å². The number of rotatable bonds is 8. The van der Waals surface area contributed by atoms with E-state index in [1.54, 1.807) is 0 Å². The Morgan fingerprint density at radius 2 is 1.26 bits per heavy atom. The molecule has 0 atom stereocenters. The minimum absolute atomic E-state index is 0.124. The quantitative estimate of drug-likeness (QED) is 0.112. The maximum atomic E-state index is 9.28. The Morgan fingerprint density at radius 1 is 0.614 bits per heavy atom. The van der Waals surface area contributed by atoms with Gasteiger partial charge in [-0.05, 0) is 11.5 Å². The van der Waals surface area contributed by atoms with Gasteiger partial charge in [0.1, 0.15) is 0 Å². The molecule has 0 saturated carbocycles. The van der Waals surface area contributed by atoms with E-state index in [-0.39, 0.29) is 35.5 Å². The number of anilines is 2. The molecule has 1 aliphatic heterocycles. The van der Waals surface area contributed by atoms with Crippen molar-refractivity contribution in [1.82, 2.24) is 18.6 Å². The average molecular weight is 1090 g/mol. The van der Waals surface area contributed by atoms with Gasteiger partial charge in [-0.25, -0.2) is 0 Å². The van der Waals surface area contributed by atoms with E-state index >= 15 is 0 Å². The number of hydrogen-bond donors (Lipinski definition) is 0. The number of pyridine rings is 1. The molecule has 70 heavy (non-hydrogen) atoms. The summed E-state index contributed by atoms with van der Waals surface area (Å²) in [5, 5.41) is 2.35. The van der Waals surface area contributed by atoms with E-state index in [1.165, 1.54) is 5.39 Å². The third-order valence-electron chi connectivity index (χ3n) is 13.3. The Bertz CT molecular complexity index is 4130. The molecule has 12 rings (SSSR count). The number of ether oxygens (including phenoxy) is 1. The fourth-order valence-corrected chi connectivity index (χ4v) is 11.0. The average Bonchev–Trinajstić information content (AvgIpc) is 4.07. The standard InChI is InChI=1S/C62H50BN5O.Pt/c1-61(2,3)44-37-43(38-45(39-44)62(4,5)6)50-29-18-28-49(42-21-9-7-10-22-42)59(50)66-41-65(54-32-15-16-33-55(54)66)47-25-17-26-48(40-47)69-58-36-20-35-57(64-58)67-56-34-19-30-52-51-27-13-14-31-53(51)68(60(52)56)63(67)46-23-11-8-12-24-46;/h7-33,35-39H,1-6H3;/q-2;/i7D,9D,10D,21D,22D;. The molecule has 0 fully saturated rings. The third kappa shape index (κ3) is 7.38. The summed E-state index contributed by atoms with van der Waals surface area (Å²) in [4.78, 5) is 7.43. The molecule has 0 radical (unpaired) electrons. The molecule has 6 nitrogen and oxygen atoms in total. The second-order valence-electron chi connectivity index (χ2n) is 19.9. The molecule has 1 aliphatic rings. The zero-order chi connectivity index (χ0) is 52.2. The first-order chi connectivity index (χ1) is 36.0. The molecule has 3 aromatic heterocycles. The number of nitrogens with zero attached hydrogens (tertiary/aromatic N) is 5. The molecule has 8 aromatic carbocycles. The van der Waals surface area contributed by atoms with Crippen LogP contribution in [0.25, 0.3) is 66.5 Å². The summed E-state index contributed by atoms with van der Waals surface area (Å²) in [6, 6.07) is 60.9. The van der Waals surface area contributed by atoms with Gasteiger partial charge < -0.3 is 0 Å². The van der Waals surface area contributed by atoms with Crippen molar-refractivity contribution in [3.8, 4) is 45.3 Å². The number of aromatic nitrogens is 4. The van der Waals surface area contributed by atoms with E-state index in [1.807, 2.05) is 72.8 Å². The van der Waals surface area contributed by atoms with E-state index in [4.69, 9.17) is 13.8 Å². The van der Waals surface area contributed by atoms with Gasteiger partial charge in [0.05, 0.1) is 0 Å². The van der Waals surface area contributed by atoms with E-state index in [2.05, 4.69) is 182 Å². The first kappa shape index (κ1) is 38.4. The second-order valence-corrected chi connectivity index (χ2v) is 20.9. The molecule has 0 aliphatic carbocycles. The van der Waals surface area contributed by atoms with Crippen LogP contribution in [-0.4, -0.2) is 25.6 Å². The number of para-hydroxylation sites is 4. The zero-order valence-corrected chi connectivity index (χ0v) is 41.9. The van der Waals surface area contributed by atoms with Crippen molar-refractivity contribution in [2.24, 2.45) is 0 Å². The number of fused-ring (bicyclic) bond motifs is 4. The van der Waals surface area contributed by atoms with Crippen LogP contribution >= 0.6 is 0 Å². The fourth-order valence-electron chi connectivity index (χ4n) is 9.95. The van der Waals surface area contributed by atoms with Gasteiger partial charge in [-0.15, -0.1) is 5.39 Å². The van der Waals surface area contributed by atoms with E-state index in [0.717, 1.165) is 64.7 Å². The third-order valence-corrected chi connectivity index (χ3v) is 14.4. The van der Waals surface area contributed by atoms with E-state index < -0.39 is 18.1 Å². The van der Waals surface area contributed by atoms with Gasteiger partial charge in [-0.3, -0.25) is 0 Å². The second kappa shape index (κ2) is 16.9. The van der Waals surface area contributed by atoms with Crippen molar-refractivity contribution in [3.05, 3.63) is 221 Å². The molecule has 0 saturated heterocycles. The van der Waals surface area contributed by atoms with Crippen LogP contribution in [0.2, 0.25) is 0 Å². The Hall–Kier alpha value is -7.47. The monoisotopic (exact) mass is 1090 g/mol. The topological polar surface area (TPSA) is 40.1 Å². The first-order valence-corrected chi connectivity index (χ1v) is 24.6. The number of imidazole rings is 1. The Labute approximate surface area is 427 Å². The summed E-state index contributed by atoms with van der Waals surface area (Å²) in [5.74, 6) is 1.56. The fraction of sp³-hybridized carbons (Fsp3) is 0.129. The number of hydrogen-bond acceptors (Lipinski definition) is 3. The van der Waals surface area contributed by atoms with Gasteiger partial charge in [-0.1, -0.05) is 48.5 Å². The summed E-state index contributed by atoms with van der Waals surface area (Å²) in [5.41, 5.74) is 11.7. The van der Waals surface area contributed by atoms with Crippen molar-refractivity contribution in [2.75, 3.05) is 4.81 Å². The molecule has 0 N–H and O–H groups in total. The molecule has 0 unspecified atom stereocenters. The van der Waals surface area contributed by atoms with Crippen LogP contribution in [0.4, 0.5) is 11.5 Å². The van der Waals surface area contributed by atoms with E-state index in [9.17, 15) is 2.74 Å². The van der Waals surface area contributed by atoms with Crippen LogP contribution in [0, 0.1) is 15.9 Å². The predicted octanol–water partition coefficient (Wildman–Crippen LogP) is 14.7. The molecule has 8 heteroatoms. The van der Waals surface area contributed by atoms with Gasteiger partial charge in [0.15, 0.2) is 0 Å². The predicted molar refractivity (Wildman–Crippen MR) is 285 cm³/mol. The first-order valence-electron chi connectivity index (χ1n) is 26.0. The molecular weight excluding hydrogens is 1040 g/mol. The van der Waals surface area contributed by atoms with Crippen LogP contribution in [-0.2, 0) is 30.2 Å². The van der Waals surface area contributed by atoms with Crippen LogP contribution in [0.3, 0.4) is 0 Å². The molecular formula is C62H50BN5OPt-2. The summed E-state index contributed by atoms with van der Waals surface area (Å²) >= 11 is 2.34. The van der Waals surface area contributed by atoms with Crippen LogP contribution in [0.5, 0.6) is 11.6 Å². The van der Waals surface area contributed by atoms with Crippen molar-refractivity contribution in [1.29, 1.82) is 0 Å². The van der Waals surface area contributed by atoms with Crippen LogP contribution < -0.4 is 15.0 Å². The Balaban J connectivity index is 1.01. The van der Waals surface area contributed by atoms with Crippen molar-refractivity contribution < 1.29 is 30.9 Å². The van der Waals surface area contributed by atoms with Crippen molar-refractivity contribution >= 4 is 56.8 Å². The number of benzene rings is 8. The van der Waals surface area contributed by atoms with Gasteiger partial charge in [-0.2, -0.15) is 12.1 Å². The summed E-state index contributed by atoms with van der Waals surface area (Å²) in [6.07, 6.45) is 0. The minimum atomic E-state index is -0.439.